The van der Waals surface area contributed by atoms with E-state index in [-0.39, 0.29) is 5.41 Å². The molecule has 0 saturated carbocycles. The van der Waals surface area contributed by atoms with Gasteiger partial charge in [-0.05, 0) is 42.2 Å². The number of hydrogen-bond acceptors (Lipinski definition) is 2. The molecule has 2 nitrogen and oxygen atoms in total. The molecule has 1 heterocycles. The first-order valence-electron chi connectivity index (χ1n) is 7.20. The van der Waals surface area contributed by atoms with Crippen molar-refractivity contribution in [1.82, 2.24) is 0 Å². The van der Waals surface area contributed by atoms with Crippen molar-refractivity contribution in [3.8, 4) is 5.75 Å². The number of methoxy groups -OCH3 is 1. The molecule has 3 rings (SSSR count). The Morgan fingerprint density at radius 3 is 2.75 bits per heavy atom. The van der Waals surface area contributed by atoms with Crippen molar-refractivity contribution >= 4 is 5.69 Å². The van der Waals surface area contributed by atoms with Crippen molar-refractivity contribution in [2.24, 2.45) is 0 Å². The van der Waals surface area contributed by atoms with Crippen molar-refractivity contribution in [2.75, 3.05) is 19.0 Å². The maximum Gasteiger partial charge on any atom is 0.122 e. The molecule has 1 aliphatic rings. The lowest BCUT2D eigenvalue weighted by Gasteiger charge is -2.26. The molecule has 0 amide bonds. The van der Waals surface area contributed by atoms with Gasteiger partial charge < -0.3 is 10.1 Å². The maximum atomic E-state index is 5.44. The molecule has 0 radical (unpaired) electrons. The average Bonchev–Trinajstić information content (AvgIpc) is 2.85. The lowest BCUT2D eigenvalue weighted by molar-refractivity contribution is 0.409. The second-order valence-electron chi connectivity index (χ2n) is 5.61. The van der Waals surface area contributed by atoms with Crippen molar-refractivity contribution < 1.29 is 4.74 Å². The Labute approximate surface area is 120 Å². The summed E-state index contributed by atoms with van der Waals surface area (Å²) >= 11 is 0. The highest BCUT2D eigenvalue weighted by atomic mass is 16.5. The Hall–Kier alpha value is -1.96. The van der Waals surface area contributed by atoms with Gasteiger partial charge >= 0.3 is 0 Å². The highest BCUT2D eigenvalue weighted by Crippen LogP contribution is 2.42. The normalized spacial score (nSPS) is 20.4. The van der Waals surface area contributed by atoms with Crippen LogP contribution in [0.15, 0.2) is 42.5 Å². The van der Waals surface area contributed by atoms with Gasteiger partial charge in [0.1, 0.15) is 5.75 Å². The molecule has 0 fully saturated rings. The van der Waals surface area contributed by atoms with Crippen molar-refractivity contribution in [3.05, 3.63) is 59.2 Å². The number of nitrogens with one attached hydrogen (secondary N) is 1. The minimum atomic E-state index is 0.0345. The number of ether oxygens (including phenoxy) is 1. The summed E-state index contributed by atoms with van der Waals surface area (Å²) in [6.07, 6.45) is 0.988. The molecule has 0 aromatic heterocycles. The zero-order valence-corrected chi connectivity index (χ0v) is 12.4. The molecule has 104 valence electrons. The van der Waals surface area contributed by atoms with Crippen LogP contribution < -0.4 is 10.1 Å². The summed E-state index contributed by atoms with van der Waals surface area (Å²) in [5.41, 5.74) is 5.30. The van der Waals surface area contributed by atoms with Gasteiger partial charge in [0, 0.05) is 17.6 Å². The quantitative estimate of drug-likeness (QED) is 0.908. The van der Waals surface area contributed by atoms with Crippen LogP contribution in [0.1, 0.15) is 30.5 Å². The molecule has 0 aliphatic carbocycles. The second-order valence-corrected chi connectivity index (χ2v) is 5.61. The van der Waals surface area contributed by atoms with Crippen molar-refractivity contribution in [1.29, 1.82) is 0 Å². The number of benzene rings is 2. The van der Waals surface area contributed by atoms with E-state index in [0.717, 1.165) is 18.7 Å². The number of fused-ring (bicyclic) bond motifs is 1. The number of para-hydroxylation sites is 1. The molecule has 1 aliphatic heterocycles. The third kappa shape index (κ3) is 1.87. The summed E-state index contributed by atoms with van der Waals surface area (Å²) in [5.74, 6) is 0.985. The van der Waals surface area contributed by atoms with Crippen LogP contribution >= 0.6 is 0 Å². The minimum absolute atomic E-state index is 0.0345. The largest absolute Gasteiger partial charge is 0.496 e. The van der Waals surface area contributed by atoms with Crippen LogP contribution in [0, 0.1) is 0 Å². The second kappa shape index (κ2) is 4.86. The predicted molar refractivity (Wildman–Crippen MR) is 83.8 cm³/mol. The van der Waals surface area contributed by atoms with Crippen molar-refractivity contribution in [2.45, 2.75) is 25.7 Å². The van der Waals surface area contributed by atoms with Gasteiger partial charge in [-0.25, -0.2) is 0 Å². The molecule has 2 heteroatoms. The van der Waals surface area contributed by atoms with E-state index in [0.29, 0.717) is 0 Å². The number of rotatable bonds is 3. The Morgan fingerprint density at radius 1 is 1.20 bits per heavy atom. The van der Waals surface area contributed by atoms with Gasteiger partial charge in [-0.15, -0.1) is 0 Å². The van der Waals surface area contributed by atoms with Gasteiger partial charge in [0.15, 0.2) is 0 Å². The zero-order chi connectivity index (χ0) is 14.2. The van der Waals surface area contributed by atoms with Crippen LogP contribution in [0.4, 0.5) is 5.69 Å². The van der Waals surface area contributed by atoms with E-state index in [4.69, 9.17) is 4.74 Å². The van der Waals surface area contributed by atoms with Crippen LogP contribution in [0.2, 0.25) is 0 Å². The van der Waals surface area contributed by atoms with Gasteiger partial charge in [0.05, 0.1) is 7.11 Å². The van der Waals surface area contributed by atoms with E-state index in [2.05, 4.69) is 61.6 Å². The summed E-state index contributed by atoms with van der Waals surface area (Å²) in [6, 6.07) is 15.2. The summed E-state index contributed by atoms with van der Waals surface area (Å²) in [6.45, 7) is 5.43. The molecule has 1 N–H and O–H groups in total. The van der Waals surface area contributed by atoms with Crippen LogP contribution in [0.3, 0.4) is 0 Å². The van der Waals surface area contributed by atoms with E-state index in [9.17, 15) is 0 Å². The Kier molecular flexibility index (Phi) is 3.17. The van der Waals surface area contributed by atoms with Crippen molar-refractivity contribution in [3.63, 3.8) is 0 Å². The Morgan fingerprint density at radius 2 is 2.00 bits per heavy atom. The molecule has 20 heavy (non-hydrogen) atoms. The minimum Gasteiger partial charge on any atom is -0.496 e. The average molecular weight is 267 g/mol. The van der Waals surface area contributed by atoms with E-state index < -0.39 is 0 Å². The number of aryl methyl sites for hydroxylation is 1. The van der Waals surface area contributed by atoms with Crippen LogP contribution in [-0.2, 0) is 11.8 Å². The van der Waals surface area contributed by atoms with Crippen LogP contribution in [0.25, 0.3) is 0 Å². The third-order valence-corrected chi connectivity index (χ3v) is 4.45. The fourth-order valence-electron chi connectivity index (χ4n) is 3.14. The fraction of sp³-hybridized carbons (Fsp3) is 0.333. The van der Waals surface area contributed by atoms with Gasteiger partial charge in [0.25, 0.3) is 0 Å². The maximum absolute atomic E-state index is 5.44. The molecule has 1 atom stereocenters. The molecule has 1 unspecified atom stereocenters. The van der Waals surface area contributed by atoms with Gasteiger partial charge in [-0.3, -0.25) is 0 Å². The van der Waals surface area contributed by atoms with E-state index in [1.165, 1.54) is 22.4 Å². The Balaban J connectivity index is 2.10. The molecular formula is C18H21NO. The standard InChI is InChI=1S/C18H21NO/c1-4-13-11-14(9-10-17(13)20-3)18(2)12-19-16-8-6-5-7-15(16)18/h5-11,19H,4,12H2,1-3H3. The summed E-state index contributed by atoms with van der Waals surface area (Å²) < 4.78 is 5.44. The first kappa shape index (κ1) is 13.0. The van der Waals surface area contributed by atoms with Gasteiger partial charge in [-0.1, -0.05) is 37.3 Å². The molecule has 2 aromatic rings. The zero-order valence-electron chi connectivity index (χ0n) is 12.4. The lowest BCUT2D eigenvalue weighted by atomic mass is 9.77. The number of hydrogen-bond donors (Lipinski definition) is 1. The summed E-state index contributed by atoms with van der Waals surface area (Å²) in [4.78, 5) is 0. The molecule has 0 spiro atoms. The highest BCUT2D eigenvalue weighted by molar-refractivity contribution is 5.64. The smallest absolute Gasteiger partial charge is 0.122 e. The first-order valence-corrected chi connectivity index (χ1v) is 7.20. The van der Waals surface area contributed by atoms with E-state index >= 15 is 0 Å². The topological polar surface area (TPSA) is 21.3 Å². The lowest BCUT2D eigenvalue weighted by Crippen LogP contribution is -2.26. The SMILES string of the molecule is CCc1cc(C2(C)CNc3ccccc32)ccc1OC. The number of anilines is 1. The van der Waals surface area contributed by atoms with E-state index in [1.807, 2.05) is 0 Å². The molecule has 0 bridgehead atoms. The van der Waals surface area contributed by atoms with Crippen LogP contribution in [0.5, 0.6) is 5.75 Å². The van der Waals surface area contributed by atoms with Gasteiger partial charge in [0.2, 0.25) is 0 Å². The van der Waals surface area contributed by atoms with Crippen LogP contribution in [-0.4, -0.2) is 13.7 Å². The Bertz CT molecular complexity index is 635. The summed E-state index contributed by atoms with van der Waals surface area (Å²) in [7, 11) is 1.74. The third-order valence-electron chi connectivity index (χ3n) is 4.45. The predicted octanol–water partition coefficient (Wildman–Crippen LogP) is 3.99. The monoisotopic (exact) mass is 267 g/mol. The van der Waals surface area contributed by atoms with E-state index in [1.54, 1.807) is 7.11 Å². The van der Waals surface area contributed by atoms with Gasteiger partial charge in [-0.2, -0.15) is 0 Å². The fourth-order valence-corrected chi connectivity index (χ4v) is 3.14. The highest BCUT2D eigenvalue weighted by Gasteiger charge is 2.35. The molecule has 2 aromatic carbocycles. The molecular weight excluding hydrogens is 246 g/mol. The molecule has 0 saturated heterocycles. The summed E-state index contributed by atoms with van der Waals surface area (Å²) in [5, 5.41) is 3.52. The first-order chi connectivity index (χ1) is 9.69.